The molecule has 1 atom stereocenters. The van der Waals surface area contributed by atoms with Crippen molar-refractivity contribution < 1.29 is 9.90 Å². The largest absolute Gasteiger partial charge is 0.393 e. The van der Waals surface area contributed by atoms with E-state index in [4.69, 9.17) is 11.5 Å². The van der Waals surface area contributed by atoms with E-state index in [9.17, 15) is 9.90 Å². The molecule has 160 valence electrons. The van der Waals surface area contributed by atoms with E-state index in [1.165, 1.54) is 0 Å². The number of hydrogen-bond acceptors (Lipinski definition) is 11. The highest BCUT2D eigenvalue weighted by Crippen LogP contribution is 2.28. The Balaban J connectivity index is 1.81. The Morgan fingerprint density at radius 1 is 1.37 bits per heavy atom. The highest BCUT2D eigenvalue weighted by molar-refractivity contribution is 7.99. The van der Waals surface area contributed by atoms with Gasteiger partial charge in [0, 0.05) is 19.5 Å². The second-order valence-corrected chi connectivity index (χ2v) is 7.81. The summed E-state index contributed by atoms with van der Waals surface area (Å²) >= 11 is 1.11. The van der Waals surface area contributed by atoms with Gasteiger partial charge in [-0.3, -0.25) is 10.1 Å². The van der Waals surface area contributed by atoms with Gasteiger partial charge in [0.2, 0.25) is 23.0 Å². The third-order valence-corrected chi connectivity index (χ3v) is 5.17. The summed E-state index contributed by atoms with van der Waals surface area (Å²) in [6.07, 6.45) is 5.27. The molecule has 0 spiro atoms. The summed E-state index contributed by atoms with van der Waals surface area (Å²) in [4.78, 5) is 35.2. The first-order valence-corrected chi connectivity index (χ1v) is 10.3. The fraction of sp³-hybridized carbons (Fsp3) is 0.444. The predicted octanol–water partition coefficient (Wildman–Crippen LogP) is 0.370. The Labute approximate surface area is 178 Å². The van der Waals surface area contributed by atoms with Crippen LogP contribution in [0.1, 0.15) is 25.5 Å². The molecule has 1 unspecified atom stereocenters. The topological polar surface area (TPSA) is 169 Å². The molecule has 2 aromatic heterocycles. The summed E-state index contributed by atoms with van der Waals surface area (Å²) in [5.41, 5.74) is 13.0. The Kier molecular flexibility index (Phi) is 7.13. The third-order valence-electron chi connectivity index (χ3n) is 4.43. The highest BCUT2D eigenvalue weighted by atomic mass is 32.2. The van der Waals surface area contributed by atoms with Gasteiger partial charge < -0.3 is 21.5 Å². The number of nitrogens with two attached hydrogens (primary N) is 2. The Morgan fingerprint density at radius 3 is 2.77 bits per heavy atom. The number of piperidine rings is 1. The molecule has 1 aliphatic rings. The first-order chi connectivity index (χ1) is 14.4. The molecule has 1 saturated heterocycles. The molecule has 1 fully saturated rings. The molecule has 3 heterocycles. The zero-order chi connectivity index (χ0) is 21.7. The third kappa shape index (κ3) is 5.62. The number of nitrogens with one attached hydrogen (secondary N) is 1. The van der Waals surface area contributed by atoms with Gasteiger partial charge in [-0.1, -0.05) is 6.08 Å². The average Bonchev–Trinajstić information content (AvgIpc) is 2.69. The fourth-order valence-corrected chi connectivity index (χ4v) is 3.57. The first-order valence-electron chi connectivity index (χ1n) is 9.51. The van der Waals surface area contributed by atoms with Crippen LogP contribution in [-0.4, -0.2) is 61.2 Å². The predicted molar refractivity (Wildman–Crippen MR) is 114 cm³/mol. The average molecular weight is 432 g/mol. The first kappa shape index (κ1) is 21.9. The number of carbonyl (C=O) groups excluding carboxylic acids is 1. The molecule has 0 radical (unpaired) electrons. The minimum Gasteiger partial charge on any atom is -0.393 e. The van der Waals surface area contributed by atoms with Crippen LogP contribution in [0.15, 0.2) is 29.2 Å². The van der Waals surface area contributed by atoms with Gasteiger partial charge in [-0.15, -0.1) is 6.58 Å². The number of hydrogen-bond donors (Lipinski definition) is 4. The maximum atomic E-state index is 11.8. The van der Waals surface area contributed by atoms with Crippen LogP contribution in [0.25, 0.3) is 0 Å². The van der Waals surface area contributed by atoms with Gasteiger partial charge in [-0.05, 0) is 31.5 Å². The number of amides is 1. The highest BCUT2D eigenvalue weighted by Gasteiger charge is 2.21. The molecule has 1 amide bonds. The molecule has 3 rings (SSSR count). The normalized spacial score (nSPS) is 15.6. The number of aliphatic hydroxyl groups is 1. The van der Waals surface area contributed by atoms with E-state index >= 15 is 0 Å². The lowest BCUT2D eigenvalue weighted by atomic mass is 10.1. The second-order valence-electron chi connectivity index (χ2n) is 6.88. The molecule has 0 aromatic carbocycles. The van der Waals surface area contributed by atoms with E-state index in [0.29, 0.717) is 24.4 Å². The summed E-state index contributed by atoms with van der Waals surface area (Å²) in [7, 11) is 0. The van der Waals surface area contributed by atoms with E-state index in [2.05, 4.69) is 41.7 Å². The van der Waals surface area contributed by atoms with Crippen molar-refractivity contribution in [1.29, 1.82) is 0 Å². The van der Waals surface area contributed by atoms with Crippen LogP contribution < -0.4 is 21.7 Å². The quantitative estimate of drug-likeness (QED) is 0.353. The van der Waals surface area contributed by atoms with Crippen LogP contribution in [-0.2, 0) is 11.2 Å². The number of nitrogen functional groups attached to an aromatic ring is 1. The van der Waals surface area contributed by atoms with Crippen molar-refractivity contribution in [3.63, 3.8) is 0 Å². The minimum atomic E-state index is -0.715. The molecule has 30 heavy (non-hydrogen) atoms. The maximum absolute atomic E-state index is 11.8. The van der Waals surface area contributed by atoms with Crippen molar-refractivity contribution in [3.8, 4) is 0 Å². The van der Waals surface area contributed by atoms with E-state index in [0.717, 1.165) is 36.2 Å². The molecular weight excluding hydrogens is 406 g/mol. The van der Waals surface area contributed by atoms with Gasteiger partial charge in [0.15, 0.2) is 5.16 Å². The van der Waals surface area contributed by atoms with E-state index in [1.807, 2.05) is 0 Å². The van der Waals surface area contributed by atoms with Crippen LogP contribution in [0.2, 0.25) is 0 Å². The zero-order valence-corrected chi connectivity index (χ0v) is 17.5. The molecule has 6 N–H and O–H groups in total. The number of anilines is 3. The second kappa shape index (κ2) is 9.78. The molecule has 2 aromatic rings. The summed E-state index contributed by atoms with van der Waals surface area (Å²) in [6, 6.07) is -0.715. The zero-order valence-electron chi connectivity index (χ0n) is 16.7. The number of carbonyl (C=O) groups is 1. The van der Waals surface area contributed by atoms with Crippen LogP contribution in [0.4, 0.5) is 17.6 Å². The van der Waals surface area contributed by atoms with Gasteiger partial charge >= 0.3 is 0 Å². The number of nitrogens with zero attached hydrogens (tertiary/aromatic N) is 6. The number of aliphatic hydroxyl groups excluding tert-OH is 1. The van der Waals surface area contributed by atoms with Crippen LogP contribution in [0.3, 0.4) is 0 Å². The van der Waals surface area contributed by atoms with Gasteiger partial charge in [0.25, 0.3) is 0 Å². The van der Waals surface area contributed by atoms with E-state index in [1.54, 1.807) is 19.2 Å². The lowest BCUT2D eigenvalue weighted by Gasteiger charge is -2.32. The lowest BCUT2D eigenvalue weighted by molar-refractivity contribution is -0.117. The summed E-state index contributed by atoms with van der Waals surface area (Å²) in [5, 5.41) is 12.9. The number of aromatic nitrogens is 5. The van der Waals surface area contributed by atoms with E-state index in [-0.39, 0.29) is 23.2 Å². The fourth-order valence-electron chi connectivity index (χ4n) is 2.88. The van der Waals surface area contributed by atoms with Crippen molar-refractivity contribution in [2.45, 2.75) is 48.6 Å². The molecule has 0 bridgehead atoms. The van der Waals surface area contributed by atoms with Crippen molar-refractivity contribution in [2.75, 3.05) is 29.0 Å². The van der Waals surface area contributed by atoms with Crippen molar-refractivity contribution >= 4 is 35.3 Å². The molecule has 12 heteroatoms. The van der Waals surface area contributed by atoms with Crippen molar-refractivity contribution in [1.82, 2.24) is 24.9 Å². The number of rotatable bonds is 7. The Hall–Kier alpha value is -2.83. The summed E-state index contributed by atoms with van der Waals surface area (Å²) in [6.45, 7) is 6.85. The van der Waals surface area contributed by atoms with Crippen LogP contribution in [0, 0.1) is 0 Å². The molecule has 0 saturated carbocycles. The summed E-state index contributed by atoms with van der Waals surface area (Å²) < 4.78 is 0. The van der Waals surface area contributed by atoms with Crippen LogP contribution in [0.5, 0.6) is 0 Å². The van der Waals surface area contributed by atoms with Crippen molar-refractivity contribution in [3.05, 3.63) is 24.5 Å². The van der Waals surface area contributed by atoms with Gasteiger partial charge in [0.1, 0.15) is 0 Å². The minimum absolute atomic E-state index is 0.0158. The Morgan fingerprint density at radius 2 is 2.10 bits per heavy atom. The molecule has 11 nitrogen and oxygen atoms in total. The Bertz CT molecular complexity index is 917. The molecule has 0 aliphatic carbocycles. The van der Waals surface area contributed by atoms with Gasteiger partial charge in [0.05, 0.1) is 29.7 Å². The SMILES string of the molecule is C=CCc1nc(Sc2nc(N)nc(NC(=O)C(C)N)n2)ncc1N1CCC(O)CC1. The molecular formula is C18H25N9O2S. The maximum Gasteiger partial charge on any atom is 0.243 e. The van der Waals surface area contributed by atoms with Crippen LogP contribution >= 0.6 is 11.8 Å². The molecule has 1 aliphatic heterocycles. The van der Waals surface area contributed by atoms with E-state index < -0.39 is 11.9 Å². The van der Waals surface area contributed by atoms with Crippen molar-refractivity contribution in [2.24, 2.45) is 5.73 Å². The standard InChI is InChI=1S/C18H25N9O2S/c1-3-4-12-13(27-7-5-11(28)6-8-27)9-21-17(22-12)30-18-25-15(20)24-16(26-18)23-14(29)10(2)19/h3,9-11,28H,1,4-8,19H2,2H3,(H3,20,23,24,25,26,29). The van der Waals surface area contributed by atoms with Gasteiger partial charge in [-0.25, -0.2) is 9.97 Å². The van der Waals surface area contributed by atoms with Gasteiger partial charge in [-0.2, -0.15) is 15.0 Å². The monoisotopic (exact) mass is 431 g/mol. The lowest BCUT2D eigenvalue weighted by Crippen LogP contribution is -2.36. The summed E-state index contributed by atoms with van der Waals surface area (Å²) in [5.74, 6) is -0.457. The number of allylic oxidation sites excluding steroid dienone is 1. The smallest absolute Gasteiger partial charge is 0.243 e.